The molecule has 0 aromatic heterocycles. The van der Waals surface area contributed by atoms with Crippen LogP contribution in [-0.2, 0) is 4.74 Å². The highest BCUT2D eigenvalue weighted by Gasteiger charge is 2.16. The largest absolute Gasteiger partial charge is 0.459 e. The van der Waals surface area contributed by atoms with Gasteiger partial charge in [-0.3, -0.25) is 0 Å². The molecule has 2 aromatic carbocycles. The lowest BCUT2D eigenvalue weighted by molar-refractivity contribution is 0.0269. The summed E-state index contributed by atoms with van der Waals surface area (Å²) in [4.78, 5) is 12.5. The Morgan fingerprint density at radius 2 is 1.70 bits per heavy atom. The smallest absolute Gasteiger partial charge is 0.339 e. The minimum absolute atomic E-state index is 0.0306. The second kappa shape index (κ2) is 9.34. The molecular formula is C21H28O2. The first-order valence-corrected chi connectivity index (χ1v) is 8.95. The number of benzene rings is 2. The van der Waals surface area contributed by atoms with Crippen molar-refractivity contribution >= 4 is 16.7 Å². The van der Waals surface area contributed by atoms with Crippen LogP contribution in [0.15, 0.2) is 42.5 Å². The summed E-state index contributed by atoms with van der Waals surface area (Å²) < 4.78 is 5.76. The third-order valence-corrected chi connectivity index (χ3v) is 4.37. The second-order valence-corrected chi connectivity index (χ2v) is 6.17. The Morgan fingerprint density at radius 1 is 0.957 bits per heavy atom. The van der Waals surface area contributed by atoms with Crippen LogP contribution in [0, 0.1) is 0 Å². The van der Waals surface area contributed by atoms with Crippen molar-refractivity contribution in [3.05, 3.63) is 48.0 Å². The van der Waals surface area contributed by atoms with Gasteiger partial charge in [0.25, 0.3) is 0 Å². The molecule has 1 atom stereocenters. The first-order chi connectivity index (χ1) is 11.3. The van der Waals surface area contributed by atoms with Gasteiger partial charge in [0.1, 0.15) is 6.10 Å². The van der Waals surface area contributed by atoms with Crippen LogP contribution >= 0.6 is 0 Å². The molecule has 2 nitrogen and oxygen atoms in total. The minimum atomic E-state index is -0.192. The van der Waals surface area contributed by atoms with Crippen molar-refractivity contribution in [3.8, 4) is 0 Å². The fourth-order valence-electron chi connectivity index (χ4n) is 2.94. The van der Waals surface area contributed by atoms with Crippen molar-refractivity contribution in [2.45, 2.75) is 64.9 Å². The molecular weight excluding hydrogens is 284 g/mol. The monoisotopic (exact) mass is 312 g/mol. The Balaban J connectivity index is 1.96. The summed E-state index contributed by atoms with van der Waals surface area (Å²) in [7, 11) is 0. The molecule has 0 saturated carbocycles. The molecule has 0 spiro atoms. The lowest BCUT2D eigenvalue weighted by atomic mass is 10.0. The first kappa shape index (κ1) is 17.5. The van der Waals surface area contributed by atoms with Crippen LogP contribution in [0.2, 0.25) is 0 Å². The molecule has 0 saturated heterocycles. The quantitative estimate of drug-likeness (QED) is 0.411. The van der Waals surface area contributed by atoms with E-state index in [1.54, 1.807) is 0 Å². The van der Waals surface area contributed by atoms with Crippen molar-refractivity contribution in [1.82, 2.24) is 0 Å². The van der Waals surface area contributed by atoms with E-state index in [2.05, 4.69) is 13.8 Å². The molecule has 0 N–H and O–H groups in total. The summed E-state index contributed by atoms with van der Waals surface area (Å²) in [6.45, 7) is 4.31. The molecule has 0 heterocycles. The van der Waals surface area contributed by atoms with Gasteiger partial charge in [0.2, 0.25) is 0 Å². The van der Waals surface area contributed by atoms with Crippen LogP contribution in [0.3, 0.4) is 0 Å². The van der Waals surface area contributed by atoms with Crippen LogP contribution in [-0.4, -0.2) is 12.1 Å². The van der Waals surface area contributed by atoms with Crippen molar-refractivity contribution in [3.63, 3.8) is 0 Å². The molecule has 0 fully saturated rings. The highest BCUT2D eigenvalue weighted by Crippen LogP contribution is 2.21. The topological polar surface area (TPSA) is 26.3 Å². The van der Waals surface area contributed by atoms with Crippen molar-refractivity contribution in [1.29, 1.82) is 0 Å². The number of carbonyl (C=O) groups excluding carboxylic acids is 1. The predicted octanol–water partition coefficient (Wildman–Crippen LogP) is 6.14. The third-order valence-electron chi connectivity index (χ3n) is 4.37. The zero-order chi connectivity index (χ0) is 16.5. The zero-order valence-electron chi connectivity index (χ0n) is 14.4. The van der Waals surface area contributed by atoms with Crippen LogP contribution in [0.5, 0.6) is 0 Å². The number of carbonyl (C=O) groups is 1. The number of fused-ring (bicyclic) bond motifs is 1. The molecule has 124 valence electrons. The Labute approximate surface area is 139 Å². The van der Waals surface area contributed by atoms with E-state index in [1.807, 2.05) is 42.5 Å². The summed E-state index contributed by atoms with van der Waals surface area (Å²) in [5.41, 5.74) is 0.674. The standard InChI is InChI=1S/C21H28O2/c1-3-5-6-7-8-14-18(4-2)23-21(22)20-16-11-13-17-12-9-10-15-19(17)20/h9-13,15-16,18H,3-8,14H2,1-2H3. The summed E-state index contributed by atoms with van der Waals surface area (Å²) in [6.07, 6.45) is 8.09. The van der Waals surface area contributed by atoms with E-state index in [4.69, 9.17) is 4.74 Å². The van der Waals surface area contributed by atoms with Crippen LogP contribution in [0.4, 0.5) is 0 Å². The SMILES string of the molecule is CCCCCCCC(CC)OC(=O)c1cccc2ccccc12. The van der Waals surface area contributed by atoms with Gasteiger partial charge in [-0.2, -0.15) is 0 Å². The van der Waals surface area contributed by atoms with Crippen molar-refractivity contribution in [2.24, 2.45) is 0 Å². The Kier molecular flexibility index (Phi) is 7.12. The number of rotatable bonds is 9. The number of esters is 1. The normalized spacial score (nSPS) is 12.3. The molecule has 1 unspecified atom stereocenters. The van der Waals surface area contributed by atoms with Crippen LogP contribution < -0.4 is 0 Å². The molecule has 2 aromatic rings. The summed E-state index contributed by atoms with van der Waals surface area (Å²) in [5, 5.41) is 2.05. The maximum absolute atomic E-state index is 12.5. The number of hydrogen-bond donors (Lipinski definition) is 0. The van der Waals surface area contributed by atoms with Crippen LogP contribution in [0.25, 0.3) is 10.8 Å². The lowest BCUT2D eigenvalue weighted by Crippen LogP contribution is -2.17. The molecule has 2 rings (SSSR count). The average molecular weight is 312 g/mol. The molecule has 0 radical (unpaired) electrons. The summed E-state index contributed by atoms with van der Waals surface area (Å²) in [6, 6.07) is 13.8. The van der Waals surface area contributed by atoms with Crippen molar-refractivity contribution < 1.29 is 9.53 Å². The Morgan fingerprint density at radius 3 is 2.48 bits per heavy atom. The predicted molar refractivity (Wildman–Crippen MR) is 96.8 cm³/mol. The summed E-state index contributed by atoms with van der Waals surface area (Å²) >= 11 is 0. The highest BCUT2D eigenvalue weighted by molar-refractivity contribution is 6.04. The lowest BCUT2D eigenvalue weighted by Gasteiger charge is -2.17. The zero-order valence-corrected chi connectivity index (χ0v) is 14.4. The number of hydrogen-bond acceptors (Lipinski definition) is 2. The molecule has 0 amide bonds. The maximum atomic E-state index is 12.5. The molecule has 0 aliphatic rings. The van der Waals surface area contributed by atoms with Gasteiger partial charge in [-0.05, 0) is 36.1 Å². The maximum Gasteiger partial charge on any atom is 0.339 e. The van der Waals surface area contributed by atoms with Gasteiger partial charge >= 0.3 is 5.97 Å². The van der Waals surface area contributed by atoms with E-state index in [0.717, 1.165) is 30.0 Å². The molecule has 0 bridgehead atoms. The molecule has 23 heavy (non-hydrogen) atoms. The second-order valence-electron chi connectivity index (χ2n) is 6.17. The molecule has 2 heteroatoms. The van der Waals surface area contributed by atoms with Gasteiger partial charge in [-0.25, -0.2) is 4.79 Å². The summed E-state index contributed by atoms with van der Waals surface area (Å²) in [5.74, 6) is -0.192. The van der Waals surface area contributed by atoms with E-state index >= 15 is 0 Å². The number of unbranched alkanes of at least 4 members (excludes halogenated alkanes) is 4. The van der Waals surface area contributed by atoms with Gasteiger partial charge < -0.3 is 4.74 Å². The Hall–Kier alpha value is -1.83. The van der Waals surface area contributed by atoms with Gasteiger partial charge in [0, 0.05) is 0 Å². The molecule has 0 aliphatic carbocycles. The fraction of sp³-hybridized carbons (Fsp3) is 0.476. The van der Waals surface area contributed by atoms with E-state index in [0.29, 0.717) is 5.56 Å². The highest BCUT2D eigenvalue weighted by atomic mass is 16.5. The number of ether oxygens (including phenoxy) is 1. The van der Waals surface area contributed by atoms with Gasteiger partial charge in [-0.1, -0.05) is 75.9 Å². The van der Waals surface area contributed by atoms with E-state index < -0.39 is 0 Å². The fourth-order valence-corrected chi connectivity index (χ4v) is 2.94. The van der Waals surface area contributed by atoms with E-state index in [1.165, 1.54) is 25.7 Å². The van der Waals surface area contributed by atoms with Gasteiger partial charge in [-0.15, -0.1) is 0 Å². The average Bonchev–Trinajstić information content (AvgIpc) is 2.59. The minimum Gasteiger partial charge on any atom is -0.459 e. The molecule has 0 aliphatic heterocycles. The Bertz CT molecular complexity index is 613. The van der Waals surface area contributed by atoms with Crippen molar-refractivity contribution in [2.75, 3.05) is 0 Å². The van der Waals surface area contributed by atoms with Crippen LogP contribution in [0.1, 0.15) is 69.2 Å². The van der Waals surface area contributed by atoms with Gasteiger partial charge in [0.05, 0.1) is 5.56 Å². The first-order valence-electron chi connectivity index (χ1n) is 8.95. The van der Waals surface area contributed by atoms with E-state index in [-0.39, 0.29) is 12.1 Å². The van der Waals surface area contributed by atoms with E-state index in [9.17, 15) is 4.79 Å². The third kappa shape index (κ3) is 5.09. The van der Waals surface area contributed by atoms with Gasteiger partial charge in [0.15, 0.2) is 0 Å².